The van der Waals surface area contributed by atoms with Crippen LogP contribution in [0.1, 0.15) is 6.92 Å². The van der Waals surface area contributed by atoms with Crippen molar-refractivity contribution < 1.29 is 8.95 Å². The van der Waals surface area contributed by atoms with E-state index in [1.807, 2.05) is 11.8 Å². The van der Waals surface area contributed by atoms with Crippen LogP contribution < -0.4 is 10.2 Å². The van der Waals surface area contributed by atoms with Crippen LogP contribution in [0.4, 0.5) is 11.9 Å². The summed E-state index contributed by atoms with van der Waals surface area (Å²) in [6.45, 7) is 5.18. The molecule has 0 bridgehead atoms. The molecule has 0 aliphatic carbocycles. The largest absolute Gasteiger partial charge is 0.378 e. The molecule has 0 saturated carbocycles. The van der Waals surface area contributed by atoms with Crippen molar-refractivity contribution in [1.29, 1.82) is 0 Å². The van der Waals surface area contributed by atoms with Crippen LogP contribution in [0, 0.1) is 0 Å². The van der Waals surface area contributed by atoms with Crippen molar-refractivity contribution in [2.45, 2.75) is 12.2 Å². The molecule has 0 radical (unpaired) electrons. The fourth-order valence-electron chi connectivity index (χ4n) is 1.68. The minimum absolute atomic E-state index is 0.0115. The summed E-state index contributed by atoms with van der Waals surface area (Å²) in [4.78, 5) is 14.5. The number of rotatable bonds is 5. The van der Waals surface area contributed by atoms with Crippen LogP contribution in [0.3, 0.4) is 0 Å². The van der Waals surface area contributed by atoms with Gasteiger partial charge < -0.3 is 15.0 Å². The second-order valence-electron chi connectivity index (χ2n) is 4.52. The van der Waals surface area contributed by atoms with E-state index in [0.29, 0.717) is 31.7 Å². The molecule has 1 aliphatic rings. The van der Waals surface area contributed by atoms with Crippen LogP contribution in [0.2, 0.25) is 5.28 Å². The quantitative estimate of drug-likeness (QED) is 0.848. The molecule has 1 fully saturated rings. The number of hydrogen-bond donors (Lipinski definition) is 1. The van der Waals surface area contributed by atoms with Gasteiger partial charge in [0.1, 0.15) is 0 Å². The van der Waals surface area contributed by atoms with Crippen molar-refractivity contribution >= 4 is 34.3 Å². The minimum Gasteiger partial charge on any atom is -0.378 e. The van der Waals surface area contributed by atoms with Gasteiger partial charge in [0, 0.05) is 41.9 Å². The molecule has 1 aromatic rings. The van der Waals surface area contributed by atoms with Crippen molar-refractivity contribution in [2.24, 2.45) is 0 Å². The van der Waals surface area contributed by atoms with Gasteiger partial charge in [0.05, 0.1) is 13.2 Å². The molecule has 2 atom stereocenters. The van der Waals surface area contributed by atoms with Crippen molar-refractivity contribution in [3.8, 4) is 0 Å². The van der Waals surface area contributed by atoms with Gasteiger partial charge in [0.15, 0.2) is 0 Å². The lowest BCUT2D eigenvalue weighted by Gasteiger charge is -2.26. The highest BCUT2D eigenvalue weighted by atomic mass is 35.5. The summed E-state index contributed by atoms with van der Waals surface area (Å²) < 4.78 is 16.6. The van der Waals surface area contributed by atoms with Gasteiger partial charge in [-0.25, -0.2) is 0 Å². The summed E-state index contributed by atoms with van der Waals surface area (Å²) in [6, 6.07) is 0. The molecule has 2 unspecified atom stereocenters. The predicted octanol–water partition coefficient (Wildman–Crippen LogP) is 0.540. The smallest absolute Gasteiger partial charge is 0.231 e. The number of nitrogens with one attached hydrogen (secondary N) is 1. The Morgan fingerprint density at radius 3 is 2.75 bits per heavy atom. The molecule has 1 N–H and O–H groups in total. The number of hydrogen-bond acceptors (Lipinski definition) is 7. The van der Waals surface area contributed by atoms with E-state index in [9.17, 15) is 4.21 Å². The standard InChI is InChI=1S/C11H18ClN5O2S/c1-8(20(2)18)7-13-10-14-9(12)15-11(16-10)17-3-5-19-6-4-17/h8H,3-7H2,1-2H3,(H,13,14,15,16). The van der Waals surface area contributed by atoms with E-state index in [4.69, 9.17) is 16.3 Å². The molecule has 0 aromatic carbocycles. The minimum atomic E-state index is -0.893. The highest BCUT2D eigenvalue weighted by molar-refractivity contribution is 7.84. The van der Waals surface area contributed by atoms with E-state index in [0.717, 1.165) is 13.1 Å². The van der Waals surface area contributed by atoms with Crippen molar-refractivity contribution in [2.75, 3.05) is 49.3 Å². The molecular weight excluding hydrogens is 302 g/mol. The molecule has 0 spiro atoms. The molecule has 0 amide bonds. The number of morpholine rings is 1. The maximum atomic E-state index is 11.3. The first-order chi connectivity index (χ1) is 9.56. The van der Waals surface area contributed by atoms with Crippen molar-refractivity contribution in [1.82, 2.24) is 15.0 Å². The Hall–Kier alpha value is -0.990. The lowest BCUT2D eigenvalue weighted by Crippen LogP contribution is -2.37. The maximum Gasteiger partial charge on any atom is 0.231 e. The third kappa shape index (κ3) is 4.26. The fourth-order valence-corrected chi connectivity index (χ4v) is 2.15. The van der Waals surface area contributed by atoms with Gasteiger partial charge in [-0.1, -0.05) is 0 Å². The Bertz CT molecular complexity index is 484. The number of aromatic nitrogens is 3. The normalized spacial score (nSPS) is 18.6. The lowest BCUT2D eigenvalue weighted by molar-refractivity contribution is 0.122. The third-order valence-corrected chi connectivity index (χ3v) is 4.47. The van der Waals surface area contributed by atoms with Crippen LogP contribution in [0.5, 0.6) is 0 Å². The number of anilines is 2. The molecular formula is C11H18ClN5O2S. The molecule has 1 saturated heterocycles. The summed E-state index contributed by atoms with van der Waals surface area (Å²) >= 11 is 5.93. The topological polar surface area (TPSA) is 80.2 Å². The van der Waals surface area contributed by atoms with E-state index >= 15 is 0 Å². The van der Waals surface area contributed by atoms with E-state index < -0.39 is 10.8 Å². The second kappa shape index (κ2) is 7.14. The van der Waals surface area contributed by atoms with Crippen LogP contribution >= 0.6 is 11.6 Å². The number of halogens is 1. The number of nitrogens with zero attached hydrogens (tertiary/aromatic N) is 4. The molecule has 1 aromatic heterocycles. The number of ether oxygens (including phenoxy) is 1. The van der Waals surface area contributed by atoms with Crippen molar-refractivity contribution in [3.05, 3.63) is 5.28 Å². The summed E-state index contributed by atoms with van der Waals surface area (Å²) in [7, 11) is -0.893. The fraction of sp³-hybridized carbons (Fsp3) is 0.727. The van der Waals surface area contributed by atoms with E-state index in [2.05, 4.69) is 20.3 Å². The third-order valence-electron chi connectivity index (χ3n) is 3.00. The summed E-state index contributed by atoms with van der Waals surface area (Å²) in [5.74, 6) is 0.949. The van der Waals surface area contributed by atoms with Gasteiger partial charge in [-0.15, -0.1) is 0 Å². The Kier molecular flexibility index (Phi) is 5.50. The van der Waals surface area contributed by atoms with Crippen LogP contribution in [0.15, 0.2) is 0 Å². The zero-order chi connectivity index (χ0) is 14.5. The van der Waals surface area contributed by atoms with Gasteiger partial charge in [-0.05, 0) is 18.5 Å². The molecule has 9 heteroatoms. The molecule has 20 heavy (non-hydrogen) atoms. The second-order valence-corrected chi connectivity index (χ2v) is 6.66. The SMILES string of the molecule is CC(CNc1nc(Cl)nc(N2CCOCC2)n1)S(C)=O. The maximum absolute atomic E-state index is 11.3. The van der Waals surface area contributed by atoms with Crippen LogP contribution in [-0.2, 0) is 15.5 Å². The molecule has 2 heterocycles. The Morgan fingerprint density at radius 1 is 1.40 bits per heavy atom. The van der Waals surface area contributed by atoms with Crippen LogP contribution in [-0.4, -0.2) is 63.5 Å². The first-order valence-electron chi connectivity index (χ1n) is 6.36. The van der Waals surface area contributed by atoms with E-state index in [-0.39, 0.29) is 10.5 Å². The highest BCUT2D eigenvalue weighted by Crippen LogP contribution is 2.15. The molecule has 112 valence electrons. The van der Waals surface area contributed by atoms with Gasteiger partial charge in [-0.3, -0.25) is 4.21 Å². The summed E-state index contributed by atoms with van der Waals surface area (Å²) in [5.41, 5.74) is 0. The first-order valence-corrected chi connectivity index (χ1v) is 8.36. The van der Waals surface area contributed by atoms with Gasteiger partial charge in [-0.2, -0.15) is 15.0 Å². The predicted molar refractivity (Wildman–Crippen MR) is 79.9 cm³/mol. The summed E-state index contributed by atoms with van der Waals surface area (Å²) in [5, 5.41) is 3.21. The van der Waals surface area contributed by atoms with E-state index in [1.54, 1.807) is 6.26 Å². The summed E-state index contributed by atoms with van der Waals surface area (Å²) in [6.07, 6.45) is 1.67. The zero-order valence-electron chi connectivity index (χ0n) is 11.5. The average Bonchev–Trinajstić information content (AvgIpc) is 2.45. The van der Waals surface area contributed by atoms with Crippen LogP contribution in [0.25, 0.3) is 0 Å². The highest BCUT2D eigenvalue weighted by Gasteiger charge is 2.16. The molecule has 2 rings (SSSR count). The average molecular weight is 320 g/mol. The van der Waals surface area contributed by atoms with Crippen molar-refractivity contribution in [3.63, 3.8) is 0 Å². The Balaban J connectivity index is 2.05. The lowest BCUT2D eigenvalue weighted by atomic mass is 10.4. The zero-order valence-corrected chi connectivity index (χ0v) is 13.1. The van der Waals surface area contributed by atoms with Gasteiger partial charge >= 0.3 is 0 Å². The Morgan fingerprint density at radius 2 is 2.10 bits per heavy atom. The van der Waals surface area contributed by atoms with Gasteiger partial charge in [0.2, 0.25) is 17.2 Å². The van der Waals surface area contributed by atoms with Gasteiger partial charge in [0.25, 0.3) is 0 Å². The molecule has 1 aliphatic heterocycles. The van der Waals surface area contributed by atoms with E-state index in [1.165, 1.54) is 0 Å². The Labute approximate surface area is 125 Å². The first kappa shape index (κ1) is 15.4. The molecule has 7 nitrogen and oxygen atoms in total. The monoisotopic (exact) mass is 319 g/mol.